The number of halogens is 2. The first-order valence-corrected chi connectivity index (χ1v) is 7.41. The summed E-state index contributed by atoms with van der Waals surface area (Å²) in [6.45, 7) is 0.719. The fraction of sp³-hybridized carbons (Fsp3) is 0.0625. The lowest BCUT2D eigenvalue weighted by Crippen LogP contribution is -1.99. The third-order valence-electron chi connectivity index (χ3n) is 3.04. The molecule has 0 aliphatic rings. The summed E-state index contributed by atoms with van der Waals surface area (Å²) in [7, 11) is 0. The van der Waals surface area contributed by atoms with Gasteiger partial charge >= 0.3 is 0 Å². The Labute approximate surface area is 131 Å². The van der Waals surface area contributed by atoms with Crippen LogP contribution in [0.4, 0.5) is 0 Å². The molecule has 100 valence electrons. The highest BCUT2D eigenvalue weighted by Gasteiger charge is 2.03. The normalized spacial score (nSPS) is 10.7. The maximum Gasteiger partial charge on any atom is 0.0660 e. The molecule has 1 aromatic heterocycles. The molecule has 0 saturated carbocycles. The van der Waals surface area contributed by atoms with Gasteiger partial charge in [-0.05, 0) is 35.4 Å². The first-order chi connectivity index (χ1) is 9.70. The predicted octanol–water partition coefficient (Wildman–Crippen LogP) is 5.01. The summed E-state index contributed by atoms with van der Waals surface area (Å²) < 4.78 is 3.00. The van der Waals surface area contributed by atoms with E-state index in [0.29, 0.717) is 0 Å². The van der Waals surface area contributed by atoms with Crippen LogP contribution in [-0.2, 0) is 6.54 Å². The van der Waals surface area contributed by atoms with Gasteiger partial charge in [0.2, 0.25) is 0 Å². The molecule has 3 rings (SSSR count). The molecule has 0 spiro atoms. The molecule has 0 radical (unpaired) electrons. The van der Waals surface area contributed by atoms with Gasteiger partial charge in [-0.1, -0.05) is 51.8 Å². The maximum atomic E-state index is 5.99. The average Bonchev–Trinajstić information content (AvgIpc) is 2.88. The van der Waals surface area contributed by atoms with Crippen molar-refractivity contribution in [2.75, 3.05) is 0 Å². The molecule has 0 bridgehead atoms. The van der Waals surface area contributed by atoms with Gasteiger partial charge in [0.05, 0.1) is 12.7 Å². The monoisotopic (exact) mass is 346 g/mol. The van der Waals surface area contributed by atoms with Crippen molar-refractivity contribution in [2.24, 2.45) is 0 Å². The summed E-state index contributed by atoms with van der Waals surface area (Å²) >= 11 is 9.43. The van der Waals surface area contributed by atoms with E-state index in [1.165, 1.54) is 0 Å². The van der Waals surface area contributed by atoms with E-state index in [1.54, 1.807) is 0 Å². The van der Waals surface area contributed by atoms with Crippen LogP contribution >= 0.6 is 27.5 Å². The van der Waals surface area contributed by atoms with Gasteiger partial charge in [0, 0.05) is 21.3 Å². The first kappa shape index (κ1) is 13.4. The number of hydrogen-bond donors (Lipinski definition) is 0. The van der Waals surface area contributed by atoms with Gasteiger partial charge in [0.25, 0.3) is 0 Å². The van der Waals surface area contributed by atoms with Crippen LogP contribution in [-0.4, -0.2) is 9.78 Å². The highest BCUT2D eigenvalue weighted by molar-refractivity contribution is 9.10. The van der Waals surface area contributed by atoms with Crippen molar-refractivity contribution in [3.8, 4) is 11.1 Å². The van der Waals surface area contributed by atoms with Crippen LogP contribution in [0.3, 0.4) is 0 Å². The van der Waals surface area contributed by atoms with E-state index >= 15 is 0 Å². The second-order valence-corrected chi connectivity index (χ2v) is 5.92. The van der Waals surface area contributed by atoms with Crippen LogP contribution in [0.5, 0.6) is 0 Å². The summed E-state index contributed by atoms with van der Waals surface area (Å²) in [5.41, 5.74) is 3.41. The molecule has 0 fully saturated rings. The molecule has 0 aliphatic heterocycles. The Kier molecular flexibility index (Phi) is 3.90. The van der Waals surface area contributed by atoms with Crippen LogP contribution in [0.2, 0.25) is 5.02 Å². The highest BCUT2D eigenvalue weighted by Crippen LogP contribution is 2.21. The molecule has 4 heteroatoms. The van der Waals surface area contributed by atoms with E-state index in [2.05, 4.69) is 33.2 Å². The lowest BCUT2D eigenvalue weighted by Gasteiger charge is -2.02. The minimum Gasteiger partial charge on any atom is -0.268 e. The van der Waals surface area contributed by atoms with Crippen LogP contribution in [0.1, 0.15) is 5.56 Å². The Morgan fingerprint density at radius 2 is 1.85 bits per heavy atom. The summed E-state index contributed by atoms with van der Waals surface area (Å²) in [5.74, 6) is 0. The van der Waals surface area contributed by atoms with E-state index in [4.69, 9.17) is 11.6 Å². The number of aromatic nitrogens is 2. The minimum atomic E-state index is 0.719. The summed E-state index contributed by atoms with van der Waals surface area (Å²) in [4.78, 5) is 0. The Morgan fingerprint density at radius 3 is 2.60 bits per heavy atom. The Bertz CT molecular complexity index is 719. The Hall–Kier alpha value is -1.58. The van der Waals surface area contributed by atoms with Crippen LogP contribution in [0.15, 0.2) is 65.4 Å². The number of benzene rings is 2. The standard InChI is InChI=1S/C16H12BrClN2/c17-15-6-4-13(5-7-15)14-9-19-20(11-14)10-12-2-1-3-16(18)8-12/h1-9,11H,10H2. The summed E-state index contributed by atoms with van der Waals surface area (Å²) in [6, 6.07) is 16.1. The van der Waals surface area contributed by atoms with E-state index < -0.39 is 0 Å². The van der Waals surface area contributed by atoms with E-state index in [9.17, 15) is 0 Å². The topological polar surface area (TPSA) is 17.8 Å². The second kappa shape index (κ2) is 5.81. The van der Waals surface area contributed by atoms with Crippen LogP contribution in [0.25, 0.3) is 11.1 Å². The lowest BCUT2D eigenvalue weighted by molar-refractivity contribution is 0.687. The van der Waals surface area contributed by atoms with Crippen molar-refractivity contribution >= 4 is 27.5 Å². The zero-order valence-corrected chi connectivity index (χ0v) is 13.0. The first-order valence-electron chi connectivity index (χ1n) is 6.23. The zero-order valence-electron chi connectivity index (χ0n) is 10.6. The fourth-order valence-electron chi connectivity index (χ4n) is 2.06. The molecule has 0 aliphatic carbocycles. The summed E-state index contributed by atoms with van der Waals surface area (Å²) in [6.07, 6.45) is 3.93. The van der Waals surface area contributed by atoms with Crippen molar-refractivity contribution in [3.63, 3.8) is 0 Å². The number of nitrogens with zero attached hydrogens (tertiary/aromatic N) is 2. The summed E-state index contributed by atoms with van der Waals surface area (Å²) in [5, 5.41) is 5.15. The van der Waals surface area contributed by atoms with E-state index in [0.717, 1.165) is 32.7 Å². The second-order valence-electron chi connectivity index (χ2n) is 4.56. The molecule has 0 amide bonds. The Balaban J connectivity index is 1.82. The third kappa shape index (κ3) is 3.11. The van der Waals surface area contributed by atoms with Crippen molar-refractivity contribution in [2.45, 2.75) is 6.54 Å². The zero-order chi connectivity index (χ0) is 13.9. The van der Waals surface area contributed by atoms with E-state index in [-0.39, 0.29) is 0 Å². The molecule has 0 atom stereocenters. The molecule has 0 N–H and O–H groups in total. The molecular formula is C16H12BrClN2. The molecule has 3 aromatic rings. The smallest absolute Gasteiger partial charge is 0.0660 e. The Morgan fingerprint density at radius 1 is 1.05 bits per heavy atom. The third-order valence-corrected chi connectivity index (χ3v) is 3.81. The molecule has 20 heavy (non-hydrogen) atoms. The number of hydrogen-bond acceptors (Lipinski definition) is 1. The van der Waals surface area contributed by atoms with Gasteiger partial charge in [0.15, 0.2) is 0 Å². The van der Waals surface area contributed by atoms with Crippen molar-refractivity contribution in [3.05, 3.63) is 76.0 Å². The minimum absolute atomic E-state index is 0.719. The lowest BCUT2D eigenvalue weighted by atomic mass is 10.1. The largest absolute Gasteiger partial charge is 0.268 e. The molecule has 2 aromatic carbocycles. The molecule has 2 nitrogen and oxygen atoms in total. The van der Waals surface area contributed by atoms with Gasteiger partial charge in [-0.25, -0.2) is 0 Å². The molecule has 1 heterocycles. The highest BCUT2D eigenvalue weighted by atomic mass is 79.9. The molecular weight excluding hydrogens is 336 g/mol. The fourth-order valence-corrected chi connectivity index (χ4v) is 2.54. The van der Waals surface area contributed by atoms with Crippen LogP contribution < -0.4 is 0 Å². The SMILES string of the molecule is Clc1cccc(Cn2cc(-c3ccc(Br)cc3)cn2)c1. The van der Waals surface area contributed by atoms with Gasteiger partial charge in [-0.3, -0.25) is 4.68 Å². The predicted molar refractivity (Wildman–Crippen MR) is 85.9 cm³/mol. The van der Waals surface area contributed by atoms with Gasteiger partial charge in [-0.15, -0.1) is 0 Å². The van der Waals surface area contributed by atoms with Crippen molar-refractivity contribution < 1.29 is 0 Å². The van der Waals surface area contributed by atoms with E-state index in [1.807, 2.05) is 53.5 Å². The average molecular weight is 348 g/mol. The van der Waals surface area contributed by atoms with Crippen LogP contribution in [0, 0.1) is 0 Å². The molecule has 0 unspecified atom stereocenters. The van der Waals surface area contributed by atoms with Crippen molar-refractivity contribution in [1.82, 2.24) is 9.78 Å². The molecule has 0 saturated heterocycles. The van der Waals surface area contributed by atoms with Gasteiger partial charge < -0.3 is 0 Å². The van der Waals surface area contributed by atoms with Gasteiger partial charge in [0.1, 0.15) is 0 Å². The quantitative estimate of drug-likeness (QED) is 0.651. The van der Waals surface area contributed by atoms with Crippen molar-refractivity contribution in [1.29, 1.82) is 0 Å². The number of rotatable bonds is 3. The van der Waals surface area contributed by atoms with Gasteiger partial charge in [-0.2, -0.15) is 5.10 Å². The maximum absolute atomic E-state index is 5.99.